The second kappa shape index (κ2) is 8.99. The van der Waals surface area contributed by atoms with Crippen molar-refractivity contribution in [3.05, 3.63) is 96.4 Å². The van der Waals surface area contributed by atoms with Gasteiger partial charge >= 0.3 is 0 Å². The van der Waals surface area contributed by atoms with E-state index >= 15 is 0 Å². The number of benzene rings is 3. The van der Waals surface area contributed by atoms with E-state index in [1.165, 1.54) is 6.33 Å². The number of ether oxygens (including phenoxy) is 1. The average molecular weight is 451 g/mol. The molecule has 5 aromatic rings. The number of carbonyl (C=O) groups excluding carboxylic acids is 1. The molecule has 1 N–H and O–H groups in total. The molecule has 0 atom stereocenters. The van der Waals surface area contributed by atoms with Crippen molar-refractivity contribution in [1.82, 2.24) is 30.0 Å². The van der Waals surface area contributed by atoms with Crippen LogP contribution in [0.1, 0.15) is 15.9 Å². The number of rotatable bonds is 6. The van der Waals surface area contributed by atoms with Gasteiger partial charge in [-0.2, -0.15) is 5.10 Å². The summed E-state index contributed by atoms with van der Waals surface area (Å²) in [5, 5.41) is 19.0. The second-order valence-corrected chi connectivity index (χ2v) is 7.61. The van der Waals surface area contributed by atoms with Crippen LogP contribution < -0.4 is 10.1 Å². The third-order valence-electron chi connectivity index (χ3n) is 5.37. The van der Waals surface area contributed by atoms with E-state index in [1.807, 2.05) is 79.7 Å². The fourth-order valence-corrected chi connectivity index (χ4v) is 3.70. The molecule has 1 amide bonds. The summed E-state index contributed by atoms with van der Waals surface area (Å²) in [6, 6.07) is 22.7. The van der Waals surface area contributed by atoms with Crippen LogP contribution in [0.3, 0.4) is 0 Å². The van der Waals surface area contributed by atoms with Gasteiger partial charge in [-0.3, -0.25) is 4.79 Å². The lowest BCUT2D eigenvalue weighted by Gasteiger charge is -2.09. The fourth-order valence-electron chi connectivity index (χ4n) is 3.70. The van der Waals surface area contributed by atoms with Gasteiger partial charge in [-0.25, -0.2) is 9.36 Å². The Morgan fingerprint density at radius 3 is 2.56 bits per heavy atom. The van der Waals surface area contributed by atoms with Crippen LogP contribution in [0.5, 0.6) is 5.75 Å². The number of tetrazole rings is 1. The van der Waals surface area contributed by atoms with Crippen LogP contribution in [0.15, 0.2) is 85.3 Å². The van der Waals surface area contributed by atoms with Crippen molar-refractivity contribution >= 4 is 11.6 Å². The normalized spacial score (nSPS) is 10.8. The van der Waals surface area contributed by atoms with Crippen LogP contribution in [-0.2, 0) is 0 Å². The van der Waals surface area contributed by atoms with Crippen molar-refractivity contribution in [2.75, 3.05) is 12.4 Å². The van der Waals surface area contributed by atoms with E-state index in [1.54, 1.807) is 22.7 Å². The quantitative estimate of drug-likeness (QED) is 0.418. The first-order valence-electron chi connectivity index (χ1n) is 10.6. The lowest BCUT2D eigenvalue weighted by Crippen LogP contribution is -2.13. The summed E-state index contributed by atoms with van der Waals surface area (Å²) in [5.74, 6) is 0.418. The topological polar surface area (TPSA) is 99.8 Å². The first kappa shape index (κ1) is 21.1. The van der Waals surface area contributed by atoms with Crippen molar-refractivity contribution in [1.29, 1.82) is 0 Å². The lowest BCUT2D eigenvalue weighted by molar-refractivity contribution is 0.102. The smallest absolute Gasteiger partial charge is 0.259 e. The van der Waals surface area contributed by atoms with Gasteiger partial charge in [0, 0.05) is 17.4 Å². The minimum atomic E-state index is -0.269. The summed E-state index contributed by atoms with van der Waals surface area (Å²) in [6.45, 7) is 1.93. The number of aromatic nitrogens is 6. The number of hydrogen-bond acceptors (Lipinski definition) is 6. The van der Waals surface area contributed by atoms with Crippen LogP contribution >= 0.6 is 0 Å². The van der Waals surface area contributed by atoms with Crippen molar-refractivity contribution < 1.29 is 9.53 Å². The van der Waals surface area contributed by atoms with Gasteiger partial charge in [-0.05, 0) is 65.4 Å². The molecule has 5 rings (SSSR count). The minimum Gasteiger partial charge on any atom is -0.497 e. The second-order valence-electron chi connectivity index (χ2n) is 7.61. The largest absolute Gasteiger partial charge is 0.497 e. The molecule has 9 nitrogen and oxygen atoms in total. The van der Waals surface area contributed by atoms with Crippen molar-refractivity contribution in [3.63, 3.8) is 0 Å². The number of amides is 1. The molecule has 2 aromatic heterocycles. The number of methoxy groups -OCH3 is 1. The van der Waals surface area contributed by atoms with E-state index < -0.39 is 0 Å². The molecule has 0 aliphatic heterocycles. The standard InChI is InChI=1S/C25H21N7O2/c1-17-13-19(11-12-23(17)32-16-26-29-30-32)27-25(33)22-15-31(20-8-4-3-5-9-20)28-24(22)18-7-6-10-21(14-18)34-2/h3-16H,1-2H3,(H,27,33). The summed E-state index contributed by atoms with van der Waals surface area (Å²) < 4.78 is 8.65. The molecule has 0 aliphatic rings. The Hall–Kier alpha value is -4.79. The van der Waals surface area contributed by atoms with Gasteiger partial charge in [0.05, 0.1) is 24.0 Å². The molecule has 0 bridgehead atoms. The van der Waals surface area contributed by atoms with E-state index in [-0.39, 0.29) is 5.91 Å². The van der Waals surface area contributed by atoms with Gasteiger partial charge in [0.15, 0.2) is 0 Å². The molecular weight excluding hydrogens is 430 g/mol. The Bertz CT molecular complexity index is 1440. The number of para-hydroxylation sites is 1. The molecule has 34 heavy (non-hydrogen) atoms. The van der Waals surface area contributed by atoms with Gasteiger partial charge in [-0.1, -0.05) is 30.3 Å². The maximum atomic E-state index is 13.4. The zero-order valence-electron chi connectivity index (χ0n) is 18.6. The van der Waals surface area contributed by atoms with E-state index in [9.17, 15) is 4.79 Å². The maximum Gasteiger partial charge on any atom is 0.259 e. The number of aryl methyl sites for hydroxylation is 1. The molecule has 3 aromatic carbocycles. The van der Waals surface area contributed by atoms with Gasteiger partial charge < -0.3 is 10.1 Å². The zero-order chi connectivity index (χ0) is 23.5. The molecule has 0 saturated heterocycles. The number of carbonyl (C=O) groups is 1. The first-order chi connectivity index (χ1) is 16.6. The number of nitrogens with zero attached hydrogens (tertiary/aromatic N) is 6. The Morgan fingerprint density at radius 1 is 0.971 bits per heavy atom. The van der Waals surface area contributed by atoms with Crippen LogP contribution in [0, 0.1) is 6.92 Å². The summed E-state index contributed by atoms with van der Waals surface area (Å²) in [7, 11) is 1.61. The average Bonchev–Trinajstić information content (AvgIpc) is 3.56. The number of hydrogen-bond donors (Lipinski definition) is 1. The Kier molecular flexibility index (Phi) is 5.57. The summed E-state index contributed by atoms with van der Waals surface area (Å²) in [4.78, 5) is 13.4. The predicted molar refractivity (Wildman–Crippen MR) is 127 cm³/mol. The molecule has 9 heteroatoms. The van der Waals surface area contributed by atoms with Crippen LogP contribution in [0.25, 0.3) is 22.6 Å². The number of anilines is 1. The fraction of sp³-hybridized carbons (Fsp3) is 0.0800. The maximum absolute atomic E-state index is 13.4. The van der Waals surface area contributed by atoms with Crippen LogP contribution in [-0.4, -0.2) is 43.0 Å². The van der Waals surface area contributed by atoms with Crippen LogP contribution in [0.2, 0.25) is 0 Å². The SMILES string of the molecule is COc1cccc(-c2nn(-c3ccccc3)cc2C(=O)Nc2ccc(-n3cnnn3)c(C)c2)c1. The third kappa shape index (κ3) is 4.14. The Labute approximate surface area is 195 Å². The highest BCUT2D eigenvalue weighted by molar-refractivity contribution is 6.08. The first-order valence-corrected chi connectivity index (χ1v) is 10.6. The van der Waals surface area contributed by atoms with E-state index in [2.05, 4.69) is 20.8 Å². The van der Waals surface area contributed by atoms with E-state index in [0.29, 0.717) is 22.7 Å². The van der Waals surface area contributed by atoms with Crippen molar-refractivity contribution in [2.45, 2.75) is 6.92 Å². The summed E-state index contributed by atoms with van der Waals surface area (Å²) in [6.07, 6.45) is 3.26. The third-order valence-corrected chi connectivity index (χ3v) is 5.37. The lowest BCUT2D eigenvalue weighted by atomic mass is 10.1. The minimum absolute atomic E-state index is 0.269. The molecule has 0 saturated carbocycles. The summed E-state index contributed by atoms with van der Waals surface area (Å²) >= 11 is 0. The molecule has 0 spiro atoms. The highest BCUT2D eigenvalue weighted by Crippen LogP contribution is 2.28. The molecule has 0 radical (unpaired) electrons. The molecule has 0 fully saturated rings. The van der Waals surface area contributed by atoms with E-state index in [0.717, 1.165) is 22.5 Å². The van der Waals surface area contributed by atoms with E-state index in [4.69, 9.17) is 9.84 Å². The molecule has 0 aliphatic carbocycles. The summed E-state index contributed by atoms with van der Waals surface area (Å²) in [5.41, 5.74) is 5.04. The van der Waals surface area contributed by atoms with Gasteiger partial charge in [0.1, 0.15) is 17.8 Å². The van der Waals surface area contributed by atoms with Gasteiger partial charge in [0.2, 0.25) is 0 Å². The molecule has 168 valence electrons. The van der Waals surface area contributed by atoms with Gasteiger partial charge in [-0.15, -0.1) is 5.10 Å². The zero-order valence-corrected chi connectivity index (χ0v) is 18.6. The molecule has 0 unspecified atom stereocenters. The molecule has 2 heterocycles. The Morgan fingerprint density at radius 2 is 1.82 bits per heavy atom. The molecular formula is C25H21N7O2. The predicted octanol–water partition coefficient (Wildman–Crippen LogP) is 4.08. The highest BCUT2D eigenvalue weighted by Gasteiger charge is 2.20. The van der Waals surface area contributed by atoms with Crippen molar-refractivity contribution in [3.8, 4) is 28.4 Å². The highest BCUT2D eigenvalue weighted by atomic mass is 16.5. The monoisotopic (exact) mass is 451 g/mol. The van der Waals surface area contributed by atoms with Crippen molar-refractivity contribution in [2.24, 2.45) is 0 Å². The van der Waals surface area contributed by atoms with Crippen LogP contribution in [0.4, 0.5) is 5.69 Å². The number of nitrogens with one attached hydrogen (secondary N) is 1. The van der Waals surface area contributed by atoms with Gasteiger partial charge in [0.25, 0.3) is 5.91 Å². The Balaban J connectivity index is 1.51.